The predicted molar refractivity (Wildman–Crippen MR) is 104 cm³/mol. The number of likely N-dealkylation sites (tertiary alicyclic amines) is 1. The van der Waals surface area contributed by atoms with Gasteiger partial charge in [0.25, 0.3) is 5.91 Å². The molecule has 4 nitrogen and oxygen atoms in total. The molecule has 138 valence electrons. The molecule has 1 amide bonds. The second kappa shape index (κ2) is 9.39. The molecule has 0 bridgehead atoms. The molecule has 1 unspecified atom stereocenters. The Bertz CT molecular complexity index is 696. The summed E-state index contributed by atoms with van der Waals surface area (Å²) in [6.07, 6.45) is 2.60. The van der Waals surface area contributed by atoms with E-state index in [0.29, 0.717) is 30.4 Å². The molecule has 0 aliphatic carbocycles. The van der Waals surface area contributed by atoms with E-state index in [1.54, 1.807) is 0 Å². The van der Waals surface area contributed by atoms with Crippen LogP contribution in [0.1, 0.15) is 35.7 Å². The summed E-state index contributed by atoms with van der Waals surface area (Å²) in [5.41, 5.74) is 1.75. The van der Waals surface area contributed by atoms with Crippen molar-refractivity contribution >= 4 is 5.91 Å². The Kier molecular flexibility index (Phi) is 6.67. The van der Waals surface area contributed by atoms with Crippen LogP contribution in [0.15, 0.2) is 54.6 Å². The second-order valence-corrected chi connectivity index (χ2v) is 7.13. The van der Waals surface area contributed by atoms with Gasteiger partial charge in [0.05, 0.1) is 0 Å². The first-order chi connectivity index (χ1) is 12.7. The summed E-state index contributed by atoms with van der Waals surface area (Å²) in [6.45, 7) is 6.83. The Balaban J connectivity index is 1.47. The van der Waals surface area contributed by atoms with E-state index in [1.165, 1.54) is 25.9 Å². The SMILES string of the molecule is CC(CNC(=O)c1cccc(OCc2ccccc2)c1)CN1CCCC1. The number of hydrogen-bond donors (Lipinski definition) is 1. The van der Waals surface area contributed by atoms with Crippen molar-refractivity contribution in [2.75, 3.05) is 26.2 Å². The third kappa shape index (κ3) is 5.60. The zero-order valence-corrected chi connectivity index (χ0v) is 15.5. The van der Waals surface area contributed by atoms with Gasteiger partial charge in [-0.25, -0.2) is 0 Å². The normalized spacial score (nSPS) is 15.6. The van der Waals surface area contributed by atoms with Crippen LogP contribution in [0.4, 0.5) is 0 Å². The van der Waals surface area contributed by atoms with Gasteiger partial charge >= 0.3 is 0 Å². The number of rotatable bonds is 8. The van der Waals surface area contributed by atoms with Crippen molar-refractivity contribution in [1.29, 1.82) is 0 Å². The second-order valence-electron chi connectivity index (χ2n) is 7.13. The molecule has 2 aromatic rings. The molecule has 0 aromatic heterocycles. The van der Waals surface area contributed by atoms with Crippen molar-refractivity contribution in [2.24, 2.45) is 5.92 Å². The predicted octanol–water partition coefficient (Wildman–Crippen LogP) is 3.73. The highest BCUT2D eigenvalue weighted by molar-refractivity contribution is 5.94. The lowest BCUT2D eigenvalue weighted by Crippen LogP contribution is -2.34. The van der Waals surface area contributed by atoms with Crippen LogP contribution in [-0.4, -0.2) is 37.0 Å². The zero-order valence-electron chi connectivity index (χ0n) is 15.5. The van der Waals surface area contributed by atoms with Crippen LogP contribution in [0, 0.1) is 5.92 Å². The molecular formula is C22H28N2O2. The van der Waals surface area contributed by atoms with Crippen LogP contribution in [0.5, 0.6) is 5.75 Å². The molecule has 1 fully saturated rings. The fourth-order valence-electron chi connectivity index (χ4n) is 3.31. The fraction of sp³-hybridized carbons (Fsp3) is 0.409. The van der Waals surface area contributed by atoms with Crippen LogP contribution in [0.3, 0.4) is 0 Å². The number of hydrogen-bond acceptors (Lipinski definition) is 3. The van der Waals surface area contributed by atoms with Crippen LogP contribution in [-0.2, 0) is 6.61 Å². The lowest BCUT2D eigenvalue weighted by atomic mass is 10.1. The summed E-state index contributed by atoms with van der Waals surface area (Å²) in [4.78, 5) is 14.9. The summed E-state index contributed by atoms with van der Waals surface area (Å²) in [5, 5.41) is 3.05. The largest absolute Gasteiger partial charge is 0.489 e. The molecule has 1 heterocycles. The van der Waals surface area contributed by atoms with Gasteiger partial charge in [-0.1, -0.05) is 43.3 Å². The standard InChI is InChI=1S/C22H28N2O2/c1-18(16-24-12-5-6-13-24)15-23-22(25)20-10-7-11-21(14-20)26-17-19-8-3-2-4-9-19/h2-4,7-11,14,18H,5-6,12-13,15-17H2,1H3,(H,23,25). The minimum Gasteiger partial charge on any atom is -0.489 e. The summed E-state index contributed by atoms with van der Waals surface area (Å²) in [6, 6.07) is 17.4. The molecule has 1 aliphatic heterocycles. The number of ether oxygens (including phenoxy) is 1. The molecule has 4 heteroatoms. The van der Waals surface area contributed by atoms with Crippen molar-refractivity contribution in [3.05, 3.63) is 65.7 Å². The first-order valence-corrected chi connectivity index (χ1v) is 9.48. The van der Waals surface area contributed by atoms with Gasteiger partial charge in [0.1, 0.15) is 12.4 Å². The maximum atomic E-state index is 12.4. The van der Waals surface area contributed by atoms with Gasteiger partial charge in [0.2, 0.25) is 0 Å². The lowest BCUT2D eigenvalue weighted by molar-refractivity contribution is 0.0944. The van der Waals surface area contributed by atoms with Gasteiger partial charge in [-0.15, -0.1) is 0 Å². The maximum Gasteiger partial charge on any atom is 0.251 e. The van der Waals surface area contributed by atoms with Gasteiger partial charge in [0.15, 0.2) is 0 Å². The van der Waals surface area contributed by atoms with Gasteiger partial charge in [-0.05, 0) is 55.6 Å². The highest BCUT2D eigenvalue weighted by Gasteiger charge is 2.15. The summed E-state index contributed by atoms with van der Waals surface area (Å²) in [5.74, 6) is 1.13. The van der Waals surface area contributed by atoms with E-state index in [-0.39, 0.29) is 5.91 Å². The van der Waals surface area contributed by atoms with E-state index in [9.17, 15) is 4.79 Å². The first-order valence-electron chi connectivity index (χ1n) is 9.48. The molecule has 1 saturated heterocycles. The average Bonchev–Trinajstić information content (AvgIpc) is 3.18. The molecule has 0 spiro atoms. The molecule has 1 aliphatic rings. The molecule has 2 aromatic carbocycles. The summed E-state index contributed by atoms with van der Waals surface area (Å²) in [7, 11) is 0. The number of amides is 1. The van der Waals surface area contributed by atoms with Crippen molar-refractivity contribution < 1.29 is 9.53 Å². The maximum absolute atomic E-state index is 12.4. The molecular weight excluding hydrogens is 324 g/mol. The Labute approximate surface area is 156 Å². The van der Waals surface area contributed by atoms with Gasteiger partial charge < -0.3 is 15.0 Å². The minimum absolute atomic E-state index is 0.0385. The van der Waals surface area contributed by atoms with Crippen molar-refractivity contribution in [2.45, 2.75) is 26.4 Å². The zero-order chi connectivity index (χ0) is 18.2. The molecule has 0 saturated carbocycles. The monoisotopic (exact) mass is 352 g/mol. The highest BCUT2D eigenvalue weighted by atomic mass is 16.5. The van der Waals surface area contributed by atoms with E-state index in [4.69, 9.17) is 4.74 Å². The van der Waals surface area contributed by atoms with E-state index in [1.807, 2.05) is 54.6 Å². The molecule has 1 N–H and O–H groups in total. The van der Waals surface area contributed by atoms with Crippen LogP contribution < -0.4 is 10.1 Å². The Hall–Kier alpha value is -2.33. The van der Waals surface area contributed by atoms with Crippen LogP contribution >= 0.6 is 0 Å². The van der Waals surface area contributed by atoms with Gasteiger partial charge in [0, 0.05) is 18.7 Å². The van der Waals surface area contributed by atoms with Crippen LogP contribution in [0.2, 0.25) is 0 Å². The first kappa shape index (κ1) is 18.5. The van der Waals surface area contributed by atoms with Crippen molar-refractivity contribution in [1.82, 2.24) is 10.2 Å². The highest BCUT2D eigenvalue weighted by Crippen LogP contribution is 2.15. The number of benzene rings is 2. The van der Waals surface area contributed by atoms with Crippen LogP contribution in [0.25, 0.3) is 0 Å². The van der Waals surface area contributed by atoms with Crippen molar-refractivity contribution in [3.8, 4) is 5.75 Å². The number of nitrogens with zero attached hydrogens (tertiary/aromatic N) is 1. The Morgan fingerprint density at radius 3 is 2.65 bits per heavy atom. The fourth-order valence-corrected chi connectivity index (χ4v) is 3.31. The third-order valence-corrected chi connectivity index (χ3v) is 4.72. The third-order valence-electron chi connectivity index (χ3n) is 4.72. The number of nitrogens with one attached hydrogen (secondary N) is 1. The lowest BCUT2D eigenvalue weighted by Gasteiger charge is -2.20. The summed E-state index contributed by atoms with van der Waals surface area (Å²) >= 11 is 0. The van der Waals surface area contributed by atoms with E-state index >= 15 is 0 Å². The van der Waals surface area contributed by atoms with E-state index in [0.717, 1.165) is 12.1 Å². The number of carbonyl (C=O) groups is 1. The Morgan fingerprint density at radius 2 is 1.88 bits per heavy atom. The smallest absolute Gasteiger partial charge is 0.251 e. The molecule has 1 atom stereocenters. The topological polar surface area (TPSA) is 41.6 Å². The van der Waals surface area contributed by atoms with Gasteiger partial charge in [-0.3, -0.25) is 4.79 Å². The van der Waals surface area contributed by atoms with E-state index in [2.05, 4.69) is 17.1 Å². The quantitative estimate of drug-likeness (QED) is 0.787. The van der Waals surface area contributed by atoms with Crippen molar-refractivity contribution in [3.63, 3.8) is 0 Å². The Morgan fingerprint density at radius 1 is 1.12 bits per heavy atom. The average molecular weight is 352 g/mol. The molecule has 0 radical (unpaired) electrons. The minimum atomic E-state index is -0.0385. The van der Waals surface area contributed by atoms with Gasteiger partial charge in [-0.2, -0.15) is 0 Å². The number of carbonyl (C=O) groups excluding carboxylic acids is 1. The molecule has 26 heavy (non-hydrogen) atoms. The van der Waals surface area contributed by atoms with E-state index < -0.39 is 0 Å². The molecule has 3 rings (SSSR count). The summed E-state index contributed by atoms with van der Waals surface area (Å²) < 4.78 is 5.81.